The normalized spacial score (nSPS) is 14.2. The molecule has 0 saturated heterocycles. The van der Waals surface area contributed by atoms with Gasteiger partial charge in [0.25, 0.3) is 0 Å². The summed E-state index contributed by atoms with van der Waals surface area (Å²) < 4.78 is 5.63. The van der Waals surface area contributed by atoms with Crippen molar-refractivity contribution in [3.63, 3.8) is 0 Å². The van der Waals surface area contributed by atoms with Gasteiger partial charge in [0.2, 0.25) is 0 Å². The number of esters is 1. The first-order valence-electron chi connectivity index (χ1n) is 8.73. The molecule has 0 saturated carbocycles. The number of nitrogens with zero attached hydrogens (tertiary/aromatic N) is 2. The first kappa shape index (κ1) is 18.2. The predicted molar refractivity (Wildman–Crippen MR) is 107 cm³/mol. The summed E-state index contributed by atoms with van der Waals surface area (Å²) in [6.07, 6.45) is 0.823. The van der Waals surface area contributed by atoms with Gasteiger partial charge in [-0.2, -0.15) is 0 Å². The molecular formula is C21H18Cl2N2O2. The van der Waals surface area contributed by atoms with Crippen molar-refractivity contribution in [2.75, 3.05) is 13.6 Å². The van der Waals surface area contributed by atoms with Crippen molar-refractivity contribution in [2.45, 2.75) is 19.6 Å². The lowest BCUT2D eigenvalue weighted by molar-refractivity contribution is 0.0472. The molecule has 0 atom stereocenters. The summed E-state index contributed by atoms with van der Waals surface area (Å²) in [6.45, 7) is 1.75. The number of hydrogen-bond donors (Lipinski definition) is 0. The minimum absolute atomic E-state index is 0.136. The fourth-order valence-electron chi connectivity index (χ4n) is 3.41. The lowest BCUT2D eigenvalue weighted by Crippen LogP contribution is -2.29. The van der Waals surface area contributed by atoms with Crippen molar-refractivity contribution in [3.8, 4) is 0 Å². The second kappa shape index (κ2) is 7.47. The van der Waals surface area contributed by atoms with Gasteiger partial charge in [0.1, 0.15) is 6.61 Å². The van der Waals surface area contributed by atoms with E-state index in [2.05, 4.69) is 4.90 Å². The smallest absolute Gasteiger partial charge is 0.339 e. The summed E-state index contributed by atoms with van der Waals surface area (Å²) in [4.78, 5) is 20.0. The number of pyridine rings is 1. The van der Waals surface area contributed by atoms with Gasteiger partial charge in [-0.25, -0.2) is 4.79 Å². The Kier molecular flexibility index (Phi) is 5.04. The molecule has 1 aromatic heterocycles. The second-order valence-electron chi connectivity index (χ2n) is 6.74. The van der Waals surface area contributed by atoms with E-state index < -0.39 is 0 Å². The summed E-state index contributed by atoms with van der Waals surface area (Å²) in [5, 5.41) is 1.74. The van der Waals surface area contributed by atoms with Crippen molar-refractivity contribution >= 4 is 40.1 Å². The van der Waals surface area contributed by atoms with Crippen molar-refractivity contribution < 1.29 is 9.53 Å². The van der Waals surface area contributed by atoms with E-state index in [4.69, 9.17) is 32.9 Å². The number of fused-ring (bicyclic) bond motifs is 2. The van der Waals surface area contributed by atoms with E-state index in [1.165, 1.54) is 0 Å². The number of ether oxygens (including phenoxy) is 1. The third-order valence-electron chi connectivity index (χ3n) is 4.80. The van der Waals surface area contributed by atoms with Gasteiger partial charge in [-0.05, 0) is 30.8 Å². The summed E-state index contributed by atoms with van der Waals surface area (Å²) in [5.41, 5.74) is 4.17. The van der Waals surface area contributed by atoms with E-state index in [1.54, 1.807) is 18.2 Å². The largest absolute Gasteiger partial charge is 0.457 e. The van der Waals surface area contributed by atoms with Gasteiger partial charge >= 0.3 is 5.97 Å². The van der Waals surface area contributed by atoms with Gasteiger partial charge in [-0.3, -0.25) is 4.98 Å². The Morgan fingerprint density at radius 1 is 1.19 bits per heavy atom. The zero-order valence-electron chi connectivity index (χ0n) is 14.8. The van der Waals surface area contributed by atoms with Crippen molar-refractivity contribution in [3.05, 3.63) is 74.9 Å². The number of likely N-dealkylation sites (N-methyl/N-ethyl adjacent to an activating group) is 1. The van der Waals surface area contributed by atoms with Crippen LogP contribution in [0.1, 0.15) is 27.2 Å². The van der Waals surface area contributed by atoms with Crippen LogP contribution in [0.15, 0.2) is 42.5 Å². The highest BCUT2D eigenvalue weighted by molar-refractivity contribution is 6.42. The number of hydrogen-bond acceptors (Lipinski definition) is 4. The van der Waals surface area contributed by atoms with Gasteiger partial charge in [-0.15, -0.1) is 0 Å². The topological polar surface area (TPSA) is 42.4 Å². The predicted octanol–water partition coefficient (Wildman–Crippen LogP) is 4.89. The molecule has 0 aliphatic carbocycles. The third-order valence-corrected chi connectivity index (χ3v) is 5.53. The van der Waals surface area contributed by atoms with E-state index in [0.717, 1.165) is 40.7 Å². The lowest BCUT2D eigenvalue weighted by atomic mass is 9.96. The van der Waals surface area contributed by atoms with Crippen LogP contribution in [0.5, 0.6) is 0 Å². The van der Waals surface area contributed by atoms with Crippen LogP contribution in [0.2, 0.25) is 10.0 Å². The molecule has 0 radical (unpaired) electrons. The number of benzene rings is 2. The molecule has 0 spiro atoms. The highest BCUT2D eigenvalue weighted by atomic mass is 35.5. The monoisotopic (exact) mass is 400 g/mol. The van der Waals surface area contributed by atoms with Gasteiger partial charge in [-0.1, -0.05) is 47.5 Å². The van der Waals surface area contributed by atoms with Crippen molar-refractivity contribution in [1.29, 1.82) is 0 Å². The van der Waals surface area contributed by atoms with E-state index in [0.29, 0.717) is 22.2 Å². The summed E-state index contributed by atoms with van der Waals surface area (Å²) in [6, 6.07) is 12.9. The van der Waals surface area contributed by atoms with E-state index in [9.17, 15) is 4.79 Å². The summed E-state index contributed by atoms with van der Waals surface area (Å²) in [7, 11) is 2.04. The van der Waals surface area contributed by atoms with Crippen LogP contribution >= 0.6 is 23.2 Å². The fraction of sp³-hybridized carbons (Fsp3) is 0.238. The average Bonchev–Trinajstić information content (AvgIpc) is 2.67. The minimum atomic E-state index is -0.341. The zero-order chi connectivity index (χ0) is 19.0. The first-order valence-corrected chi connectivity index (χ1v) is 9.48. The summed E-state index contributed by atoms with van der Waals surface area (Å²) >= 11 is 12.0. The number of carbonyl (C=O) groups is 1. The molecule has 138 valence electrons. The minimum Gasteiger partial charge on any atom is -0.457 e. The molecule has 4 rings (SSSR count). The number of rotatable bonds is 3. The van der Waals surface area contributed by atoms with Gasteiger partial charge in [0.15, 0.2) is 0 Å². The van der Waals surface area contributed by atoms with Crippen LogP contribution in [0.3, 0.4) is 0 Å². The van der Waals surface area contributed by atoms with E-state index in [-0.39, 0.29) is 12.6 Å². The molecule has 27 heavy (non-hydrogen) atoms. The molecule has 2 heterocycles. The first-order chi connectivity index (χ1) is 13.0. The number of carbonyl (C=O) groups excluding carboxylic acids is 1. The van der Waals surface area contributed by atoms with E-state index >= 15 is 0 Å². The van der Waals surface area contributed by atoms with Crippen LogP contribution in [-0.2, 0) is 24.3 Å². The Hall–Kier alpha value is -2.14. The fourth-order valence-corrected chi connectivity index (χ4v) is 3.73. The highest BCUT2D eigenvalue weighted by Crippen LogP contribution is 2.29. The van der Waals surface area contributed by atoms with Crippen molar-refractivity contribution in [2.24, 2.45) is 0 Å². The standard InChI is InChI=1S/C21H18Cl2N2O2/c1-25-9-8-19-15(11-25)20(14-4-2-3-5-18(14)24-19)21(26)27-12-13-6-7-16(22)17(23)10-13/h2-7,10H,8-9,11-12H2,1H3. The third kappa shape index (κ3) is 3.65. The molecule has 4 nitrogen and oxygen atoms in total. The number of halogens is 2. The summed E-state index contributed by atoms with van der Waals surface area (Å²) in [5.74, 6) is -0.341. The molecule has 3 aromatic rings. The molecule has 0 N–H and O–H groups in total. The number of aromatic nitrogens is 1. The quantitative estimate of drug-likeness (QED) is 0.587. The SMILES string of the molecule is CN1CCc2nc3ccccc3c(C(=O)OCc3ccc(Cl)c(Cl)c3)c2C1. The van der Waals surface area contributed by atoms with Gasteiger partial charge in [0.05, 0.1) is 21.1 Å². The highest BCUT2D eigenvalue weighted by Gasteiger charge is 2.25. The molecule has 0 unspecified atom stereocenters. The van der Waals surface area contributed by atoms with Crippen LogP contribution < -0.4 is 0 Å². The Labute approximate surface area is 167 Å². The zero-order valence-corrected chi connectivity index (χ0v) is 16.3. The lowest BCUT2D eigenvalue weighted by Gasteiger charge is -2.26. The molecule has 0 amide bonds. The van der Waals surface area contributed by atoms with Crippen LogP contribution in [-0.4, -0.2) is 29.4 Å². The van der Waals surface area contributed by atoms with Gasteiger partial charge < -0.3 is 9.64 Å². The maximum Gasteiger partial charge on any atom is 0.339 e. The molecule has 6 heteroatoms. The van der Waals surface area contributed by atoms with Crippen molar-refractivity contribution in [1.82, 2.24) is 9.88 Å². The molecular weight excluding hydrogens is 383 g/mol. The van der Waals surface area contributed by atoms with Crippen LogP contribution in [0, 0.1) is 0 Å². The number of para-hydroxylation sites is 1. The van der Waals surface area contributed by atoms with Gasteiger partial charge in [0, 0.05) is 36.2 Å². The Morgan fingerprint density at radius 3 is 2.81 bits per heavy atom. The maximum absolute atomic E-state index is 13.0. The van der Waals surface area contributed by atoms with Crippen LogP contribution in [0.4, 0.5) is 0 Å². The van der Waals surface area contributed by atoms with E-state index in [1.807, 2.05) is 31.3 Å². The molecule has 0 bridgehead atoms. The maximum atomic E-state index is 13.0. The molecule has 1 aliphatic rings. The molecule has 0 fully saturated rings. The van der Waals surface area contributed by atoms with Crippen LogP contribution in [0.25, 0.3) is 10.9 Å². The Bertz CT molecular complexity index is 1040. The Balaban J connectivity index is 1.70. The average molecular weight is 401 g/mol. The molecule has 2 aromatic carbocycles. The second-order valence-corrected chi connectivity index (χ2v) is 7.56. The molecule has 1 aliphatic heterocycles. The Morgan fingerprint density at radius 2 is 2.00 bits per heavy atom.